The van der Waals surface area contributed by atoms with Crippen LogP contribution in [0.5, 0.6) is 0 Å². The second-order valence-corrected chi connectivity index (χ2v) is 10.1. The number of halogens is 2. The molecule has 1 saturated heterocycles. The van der Waals surface area contributed by atoms with Crippen LogP contribution in [-0.2, 0) is 4.74 Å². The van der Waals surface area contributed by atoms with Gasteiger partial charge in [0.15, 0.2) is 0 Å². The molecule has 5 nitrogen and oxygen atoms in total. The predicted molar refractivity (Wildman–Crippen MR) is 140 cm³/mol. The summed E-state index contributed by atoms with van der Waals surface area (Å²) in [4.78, 5) is 14.5. The highest BCUT2D eigenvalue weighted by Gasteiger charge is 2.45. The first-order chi connectivity index (χ1) is 18.1. The van der Waals surface area contributed by atoms with Crippen molar-refractivity contribution in [3.8, 4) is 12.1 Å². The van der Waals surface area contributed by atoms with Gasteiger partial charge in [0.1, 0.15) is 11.5 Å². The highest BCUT2D eigenvalue weighted by atomic mass is 19.1. The maximum Gasteiger partial charge on any atom is 0.338 e. The minimum absolute atomic E-state index is 0.0658. The molecule has 7 heteroatoms. The number of ether oxygens (including phenoxy) is 1. The third-order valence-electron chi connectivity index (χ3n) is 6.99. The first kappa shape index (κ1) is 27.0. The minimum atomic E-state index is -1.68. The van der Waals surface area contributed by atoms with Gasteiger partial charge < -0.3 is 4.74 Å². The maximum atomic E-state index is 15.7. The number of rotatable bonds is 8. The number of carbonyl (C=O) groups excluding carboxylic acids is 1. The summed E-state index contributed by atoms with van der Waals surface area (Å²) in [5.74, 6) is -2.06. The summed E-state index contributed by atoms with van der Waals surface area (Å²) in [6, 6.07) is 22.7. The second kappa shape index (κ2) is 11.1. The van der Waals surface area contributed by atoms with Crippen LogP contribution >= 0.6 is 0 Å². The summed E-state index contributed by atoms with van der Waals surface area (Å²) in [6.45, 7) is 5.82. The quantitative estimate of drug-likeness (QED) is 0.331. The third kappa shape index (κ3) is 5.74. The van der Waals surface area contributed by atoms with E-state index >= 15 is 4.39 Å². The number of carbonyl (C=O) groups is 1. The molecule has 0 amide bonds. The van der Waals surface area contributed by atoms with Gasteiger partial charge in [-0.05, 0) is 85.8 Å². The number of nitriles is 2. The van der Waals surface area contributed by atoms with Crippen molar-refractivity contribution in [3.05, 3.63) is 106 Å². The van der Waals surface area contributed by atoms with Gasteiger partial charge in [-0.2, -0.15) is 10.5 Å². The zero-order valence-electron chi connectivity index (χ0n) is 21.6. The van der Waals surface area contributed by atoms with Crippen LogP contribution in [0.1, 0.15) is 70.9 Å². The third-order valence-corrected chi connectivity index (χ3v) is 6.99. The van der Waals surface area contributed by atoms with Crippen molar-refractivity contribution in [2.24, 2.45) is 5.92 Å². The first-order valence-electron chi connectivity index (χ1n) is 12.5. The van der Waals surface area contributed by atoms with Gasteiger partial charge in [0.2, 0.25) is 0 Å². The SMILES string of the molecule is CCOC(=O)c1cc(F)cc(C(C2CN(C(c3ccc(C#N)cc3)c3cccc(C#N)c3)C2)C(C)(C)F)c1. The average Bonchev–Trinajstić information content (AvgIpc) is 2.87. The molecule has 1 aliphatic heterocycles. The van der Waals surface area contributed by atoms with E-state index in [9.17, 15) is 19.7 Å². The van der Waals surface area contributed by atoms with E-state index in [0.717, 1.165) is 17.2 Å². The molecule has 0 saturated carbocycles. The lowest BCUT2D eigenvalue weighted by molar-refractivity contribution is 0.00804. The maximum absolute atomic E-state index is 15.7. The molecular weight excluding hydrogens is 484 g/mol. The van der Waals surface area contributed by atoms with Gasteiger partial charge >= 0.3 is 5.97 Å². The zero-order valence-corrected chi connectivity index (χ0v) is 21.6. The summed E-state index contributed by atoms with van der Waals surface area (Å²) < 4.78 is 35.2. The fourth-order valence-electron chi connectivity index (χ4n) is 5.46. The van der Waals surface area contributed by atoms with Crippen molar-refractivity contribution in [2.75, 3.05) is 19.7 Å². The van der Waals surface area contributed by atoms with Crippen molar-refractivity contribution in [2.45, 2.75) is 38.4 Å². The van der Waals surface area contributed by atoms with Gasteiger partial charge in [-0.25, -0.2) is 13.6 Å². The normalized spacial score (nSPS) is 15.6. The Morgan fingerprint density at radius 3 is 2.29 bits per heavy atom. The summed E-state index contributed by atoms with van der Waals surface area (Å²) in [6.07, 6.45) is 0. The van der Waals surface area contributed by atoms with E-state index in [-0.39, 0.29) is 24.1 Å². The molecule has 3 aromatic carbocycles. The van der Waals surface area contributed by atoms with Crippen LogP contribution in [0.2, 0.25) is 0 Å². The number of esters is 1. The molecule has 4 rings (SSSR count). The molecule has 0 N–H and O–H groups in total. The Balaban J connectivity index is 1.66. The van der Waals surface area contributed by atoms with Crippen LogP contribution in [0, 0.1) is 34.4 Å². The molecule has 1 heterocycles. The Labute approximate surface area is 221 Å². The monoisotopic (exact) mass is 513 g/mol. The molecule has 2 atom stereocenters. The summed E-state index contributed by atoms with van der Waals surface area (Å²) in [5, 5.41) is 18.7. The van der Waals surface area contributed by atoms with Gasteiger partial charge in [0.05, 0.1) is 41.5 Å². The highest BCUT2D eigenvalue weighted by molar-refractivity contribution is 5.89. The molecule has 3 aromatic rings. The van der Waals surface area contributed by atoms with Crippen LogP contribution in [0.25, 0.3) is 0 Å². The fourth-order valence-corrected chi connectivity index (χ4v) is 5.46. The van der Waals surface area contributed by atoms with Gasteiger partial charge in [-0.1, -0.05) is 24.3 Å². The fraction of sp³-hybridized carbons (Fsp3) is 0.323. The lowest BCUT2D eigenvalue weighted by Gasteiger charge is -2.50. The van der Waals surface area contributed by atoms with Crippen LogP contribution in [0.4, 0.5) is 8.78 Å². The number of hydrogen-bond acceptors (Lipinski definition) is 5. The number of likely N-dealkylation sites (tertiary alicyclic amines) is 1. The molecule has 0 radical (unpaired) electrons. The summed E-state index contributed by atoms with van der Waals surface area (Å²) in [7, 11) is 0. The van der Waals surface area contributed by atoms with Crippen LogP contribution in [0.3, 0.4) is 0 Å². The Bertz CT molecular complexity index is 1390. The van der Waals surface area contributed by atoms with Gasteiger partial charge in [-0.3, -0.25) is 4.90 Å². The number of nitrogens with zero attached hydrogens (tertiary/aromatic N) is 3. The van der Waals surface area contributed by atoms with Crippen LogP contribution in [0.15, 0.2) is 66.7 Å². The Morgan fingerprint density at radius 2 is 1.68 bits per heavy atom. The molecular formula is C31H29F2N3O2. The predicted octanol–water partition coefficient (Wildman–Crippen LogP) is 6.30. The molecule has 38 heavy (non-hydrogen) atoms. The summed E-state index contributed by atoms with van der Waals surface area (Å²) in [5.41, 5.74) is 1.75. The zero-order chi connectivity index (χ0) is 27.4. The van der Waals surface area contributed by atoms with Crippen LogP contribution in [-0.4, -0.2) is 36.2 Å². The first-order valence-corrected chi connectivity index (χ1v) is 12.5. The molecule has 0 bridgehead atoms. The van der Waals surface area contributed by atoms with E-state index in [1.165, 1.54) is 26.0 Å². The molecule has 1 fully saturated rings. The van der Waals surface area contributed by atoms with Gasteiger partial charge in [0, 0.05) is 19.0 Å². The molecule has 194 valence electrons. The highest BCUT2D eigenvalue weighted by Crippen LogP contribution is 2.45. The number of alkyl halides is 1. The van der Waals surface area contributed by atoms with E-state index in [4.69, 9.17) is 4.74 Å². The lowest BCUT2D eigenvalue weighted by Crippen LogP contribution is -2.53. The van der Waals surface area contributed by atoms with Gasteiger partial charge in [0.25, 0.3) is 0 Å². The second-order valence-electron chi connectivity index (χ2n) is 10.1. The van der Waals surface area contributed by atoms with Crippen molar-refractivity contribution in [1.29, 1.82) is 10.5 Å². The van der Waals surface area contributed by atoms with E-state index in [2.05, 4.69) is 17.0 Å². The molecule has 0 aromatic heterocycles. The van der Waals surface area contributed by atoms with Crippen LogP contribution < -0.4 is 0 Å². The number of hydrogen-bond donors (Lipinski definition) is 0. The van der Waals surface area contributed by atoms with Crippen molar-refractivity contribution in [1.82, 2.24) is 4.90 Å². The van der Waals surface area contributed by atoms with E-state index in [0.29, 0.717) is 29.8 Å². The van der Waals surface area contributed by atoms with E-state index in [1.807, 2.05) is 30.3 Å². The van der Waals surface area contributed by atoms with E-state index < -0.39 is 23.4 Å². The Kier molecular flexibility index (Phi) is 7.90. The standard InChI is InChI=1S/C31H29F2N3O2/c1-4-38-30(37)25-13-24(14-27(32)15-25)28(31(2,3)33)26-18-36(19-26)29(22-10-8-20(16-34)9-11-22)23-7-5-6-21(12-23)17-35/h5-15,26,28-29H,4,18-19H2,1-3H3. The smallest absolute Gasteiger partial charge is 0.338 e. The minimum Gasteiger partial charge on any atom is -0.462 e. The van der Waals surface area contributed by atoms with Gasteiger partial charge in [-0.15, -0.1) is 0 Å². The topological polar surface area (TPSA) is 77.1 Å². The van der Waals surface area contributed by atoms with E-state index in [1.54, 1.807) is 25.1 Å². The van der Waals surface area contributed by atoms with Crippen molar-refractivity contribution in [3.63, 3.8) is 0 Å². The molecule has 0 aliphatic carbocycles. The Hall–Kier alpha value is -4.07. The lowest BCUT2D eigenvalue weighted by atomic mass is 9.72. The summed E-state index contributed by atoms with van der Waals surface area (Å²) >= 11 is 0. The largest absolute Gasteiger partial charge is 0.462 e. The van der Waals surface area contributed by atoms with Crippen molar-refractivity contribution >= 4 is 5.97 Å². The molecule has 0 spiro atoms. The Morgan fingerprint density at radius 1 is 1.00 bits per heavy atom. The average molecular weight is 514 g/mol. The molecule has 1 aliphatic rings. The number of benzene rings is 3. The van der Waals surface area contributed by atoms with Crippen molar-refractivity contribution < 1.29 is 18.3 Å². The molecule has 2 unspecified atom stereocenters.